The Labute approximate surface area is 56.0 Å². The van der Waals surface area contributed by atoms with Gasteiger partial charge in [0.15, 0.2) is 0 Å². The van der Waals surface area contributed by atoms with E-state index in [1.807, 2.05) is 0 Å². The highest BCUT2D eigenvalue weighted by molar-refractivity contribution is 5.21. The van der Waals surface area contributed by atoms with Crippen LogP contribution >= 0.6 is 0 Å². The summed E-state index contributed by atoms with van der Waals surface area (Å²) in [6.45, 7) is 0. The van der Waals surface area contributed by atoms with Crippen molar-refractivity contribution in [2.45, 2.75) is 19.3 Å². The van der Waals surface area contributed by atoms with Crippen molar-refractivity contribution in [1.82, 2.24) is 0 Å². The van der Waals surface area contributed by atoms with Gasteiger partial charge in [0, 0.05) is 0 Å². The number of rotatable bonds is 0. The maximum atomic E-state index is 2.47. The van der Waals surface area contributed by atoms with Crippen molar-refractivity contribution < 1.29 is 0 Å². The maximum Gasteiger partial charge on any atom is -0.0165 e. The van der Waals surface area contributed by atoms with E-state index in [0.717, 1.165) is 23.7 Å². The average Bonchev–Trinajstić information content (AvgIpc) is 2.48. The standard InChI is InChI=1S/C9H12/c1-2-6-8-4-5-9(6)7(8)3-1/h4-9H,1-3H2. The van der Waals surface area contributed by atoms with Crippen LogP contribution in [0.5, 0.6) is 0 Å². The number of hydrogen-bond acceptors (Lipinski definition) is 0. The molecule has 0 nitrogen and oxygen atoms in total. The van der Waals surface area contributed by atoms with E-state index in [-0.39, 0.29) is 0 Å². The smallest absolute Gasteiger partial charge is 0.0165 e. The van der Waals surface area contributed by atoms with E-state index in [9.17, 15) is 0 Å². The molecule has 2 saturated carbocycles. The zero-order valence-electron chi connectivity index (χ0n) is 5.59. The highest BCUT2D eigenvalue weighted by Crippen LogP contribution is 2.60. The summed E-state index contributed by atoms with van der Waals surface area (Å²) in [5.41, 5.74) is 0. The fraction of sp³-hybridized carbons (Fsp3) is 0.778. The van der Waals surface area contributed by atoms with Gasteiger partial charge in [-0.25, -0.2) is 0 Å². The number of hydrogen-bond donors (Lipinski definition) is 0. The summed E-state index contributed by atoms with van der Waals surface area (Å²) >= 11 is 0. The van der Waals surface area contributed by atoms with Crippen molar-refractivity contribution in [1.29, 1.82) is 0 Å². The summed E-state index contributed by atoms with van der Waals surface area (Å²) in [5, 5.41) is 0. The van der Waals surface area contributed by atoms with Crippen LogP contribution in [0.1, 0.15) is 19.3 Å². The Morgan fingerprint density at radius 3 is 1.89 bits per heavy atom. The van der Waals surface area contributed by atoms with Crippen LogP contribution in [0.25, 0.3) is 0 Å². The first kappa shape index (κ1) is 4.54. The SMILES string of the molecule is C1=CC2C3CCCC2C13. The molecule has 4 aliphatic carbocycles. The highest BCUT2D eigenvalue weighted by Gasteiger charge is 2.52. The molecular weight excluding hydrogens is 108 g/mol. The fourth-order valence-electron chi connectivity index (χ4n) is 3.19. The second-order valence-corrected chi connectivity index (χ2v) is 3.80. The Balaban J connectivity index is 1.98. The van der Waals surface area contributed by atoms with E-state index in [4.69, 9.17) is 0 Å². The first-order valence-corrected chi connectivity index (χ1v) is 4.15. The van der Waals surface area contributed by atoms with Crippen molar-refractivity contribution in [3.63, 3.8) is 0 Å². The third-order valence-corrected chi connectivity index (χ3v) is 3.61. The zero-order valence-corrected chi connectivity index (χ0v) is 5.59. The van der Waals surface area contributed by atoms with Crippen LogP contribution < -0.4 is 0 Å². The Kier molecular flexibility index (Phi) is 0.633. The molecule has 0 aromatic heterocycles. The van der Waals surface area contributed by atoms with Crippen LogP contribution in [0, 0.1) is 23.7 Å². The van der Waals surface area contributed by atoms with E-state index >= 15 is 0 Å². The Morgan fingerprint density at radius 1 is 0.889 bits per heavy atom. The molecule has 0 aromatic rings. The van der Waals surface area contributed by atoms with Gasteiger partial charge in [0.05, 0.1) is 0 Å². The lowest BCUT2D eigenvalue weighted by Gasteiger charge is -2.49. The predicted octanol–water partition coefficient (Wildman–Crippen LogP) is 2.22. The van der Waals surface area contributed by atoms with Gasteiger partial charge in [-0.2, -0.15) is 0 Å². The van der Waals surface area contributed by atoms with Gasteiger partial charge in [0.25, 0.3) is 0 Å². The molecule has 9 heavy (non-hydrogen) atoms. The second-order valence-electron chi connectivity index (χ2n) is 3.80. The molecule has 0 atom stereocenters. The molecule has 0 saturated heterocycles. The molecule has 0 heterocycles. The molecule has 4 bridgehead atoms. The van der Waals surface area contributed by atoms with Crippen LogP contribution in [0.3, 0.4) is 0 Å². The monoisotopic (exact) mass is 120 g/mol. The summed E-state index contributed by atoms with van der Waals surface area (Å²) in [6.07, 6.45) is 9.51. The summed E-state index contributed by atoms with van der Waals surface area (Å²) in [7, 11) is 0. The Hall–Kier alpha value is -0.260. The van der Waals surface area contributed by atoms with Crippen LogP contribution in [0.15, 0.2) is 12.2 Å². The average molecular weight is 120 g/mol. The molecule has 0 unspecified atom stereocenters. The van der Waals surface area contributed by atoms with Gasteiger partial charge in [0.2, 0.25) is 0 Å². The summed E-state index contributed by atoms with van der Waals surface area (Å²) in [4.78, 5) is 0. The van der Waals surface area contributed by atoms with Crippen LogP contribution in [0.4, 0.5) is 0 Å². The van der Waals surface area contributed by atoms with E-state index in [0.29, 0.717) is 0 Å². The van der Waals surface area contributed by atoms with Crippen LogP contribution in [-0.4, -0.2) is 0 Å². The van der Waals surface area contributed by atoms with Gasteiger partial charge in [-0.1, -0.05) is 18.6 Å². The first-order chi connectivity index (χ1) is 4.47. The molecule has 4 aliphatic rings. The topological polar surface area (TPSA) is 0 Å². The van der Waals surface area contributed by atoms with Crippen LogP contribution in [0.2, 0.25) is 0 Å². The molecule has 0 amide bonds. The van der Waals surface area contributed by atoms with E-state index < -0.39 is 0 Å². The molecule has 4 rings (SSSR count). The largest absolute Gasteiger partial charge is 0.0845 e. The normalized spacial score (nSPS) is 59.6. The van der Waals surface area contributed by atoms with Gasteiger partial charge < -0.3 is 0 Å². The van der Waals surface area contributed by atoms with Gasteiger partial charge >= 0.3 is 0 Å². The third-order valence-electron chi connectivity index (χ3n) is 3.61. The molecular formula is C9H12. The molecule has 0 radical (unpaired) electrons. The Morgan fingerprint density at radius 2 is 1.44 bits per heavy atom. The molecule has 48 valence electrons. The predicted molar refractivity (Wildman–Crippen MR) is 37.0 cm³/mol. The summed E-state index contributed by atoms with van der Waals surface area (Å²) < 4.78 is 0. The van der Waals surface area contributed by atoms with E-state index in [1.54, 1.807) is 0 Å². The molecule has 0 heteroatoms. The third kappa shape index (κ3) is 0.357. The molecule has 0 spiro atoms. The van der Waals surface area contributed by atoms with Crippen molar-refractivity contribution in [3.8, 4) is 0 Å². The van der Waals surface area contributed by atoms with Crippen molar-refractivity contribution >= 4 is 0 Å². The van der Waals surface area contributed by atoms with E-state index in [2.05, 4.69) is 12.2 Å². The molecule has 0 N–H and O–H groups in total. The van der Waals surface area contributed by atoms with Gasteiger partial charge in [-0.05, 0) is 36.5 Å². The minimum Gasteiger partial charge on any atom is -0.0845 e. The molecule has 2 fully saturated rings. The summed E-state index contributed by atoms with van der Waals surface area (Å²) in [6, 6.07) is 0. The lowest BCUT2D eigenvalue weighted by atomic mass is 9.55. The van der Waals surface area contributed by atoms with E-state index in [1.165, 1.54) is 19.3 Å². The minimum absolute atomic E-state index is 1.05. The number of allylic oxidation sites excluding steroid dienone is 2. The lowest BCUT2D eigenvalue weighted by Crippen LogP contribution is -2.43. The quantitative estimate of drug-likeness (QED) is 0.430. The highest BCUT2D eigenvalue weighted by atomic mass is 14.6. The van der Waals surface area contributed by atoms with Crippen molar-refractivity contribution in [2.75, 3.05) is 0 Å². The first-order valence-electron chi connectivity index (χ1n) is 4.15. The zero-order chi connectivity index (χ0) is 5.84. The van der Waals surface area contributed by atoms with Gasteiger partial charge in [0.1, 0.15) is 0 Å². The summed E-state index contributed by atoms with van der Waals surface area (Å²) in [5.74, 6) is 4.32. The van der Waals surface area contributed by atoms with Crippen molar-refractivity contribution in [3.05, 3.63) is 12.2 Å². The lowest BCUT2D eigenvalue weighted by molar-refractivity contribution is 0.0120. The maximum absolute atomic E-state index is 2.47. The van der Waals surface area contributed by atoms with Crippen molar-refractivity contribution in [2.24, 2.45) is 23.7 Å². The van der Waals surface area contributed by atoms with Gasteiger partial charge in [-0.3, -0.25) is 0 Å². The molecule has 0 aliphatic heterocycles. The second kappa shape index (κ2) is 1.25. The minimum atomic E-state index is 1.05. The molecule has 0 aromatic carbocycles. The van der Waals surface area contributed by atoms with Crippen LogP contribution in [-0.2, 0) is 0 Å². The van der Waals surface area contributed by atoms with Gasteiger partial charge in [-0.15, -0.1) is 0 Å². The fourth-order valence-corrected chi connectivity index (χ4v) is 3.19. The Bertz CT molecular complexity index is 143.